The number of halogens is 1. The van der Waals surface area contributed by atoms with Crippen LogP contribution in [0.25, 0.3) is 0 Å². The Kier molecular flexibility index (Phi) is 4.46. The number of rotatable bonds is 5. The zero-order valence-corrected chi connectivity index (χ0v) is 11.5. The van der Waals surface area contributed by atoms with Crippen molar-refractivity contribution in [2.24, 2.45) is 5.92 Å². The van der Waals surface area contributed by atoms with Gasteiger partial charge in [0.2, 0.25) is 0 Å². The van der Waals surface area contributed by atoms with Crippen LogP contribution >= 0.6 is 11.6 Å². The quantitative estimate of drug-likeness (QED) is 0.820. The van der Waals surface area contributed by atoms with E-state index in [1.54, 1.807) is 0 Å². The van der Waals surface area contributed by atoms with E-state index in [9.17, 15) is 0 Å². The summed E-state index contributed by atoms with van der Waals surface area (Å²) in [5, 5.41) is 8.34. The van der Waals surface area contributed by atoms with E-state index in [0.29, 0.717) is 11.3 Å². The van der Waals surface area contributed by atoms with Crippen molar-refractivity contribution in [3.8, 4) is 0 Å². The molecule has 0 aliphatic heterocycles. The molecule has 0 amide bonds. The maximum Gasteiger partial charge on any atom is 0.0597 e. The summed E-state index contributed by atoms with van der Waals surface area (Å²) in [6.07, 6.45) is 3.74. The lowest BCUT2D eigenvalue weighted by molar-refractivity contribution is 0.481. The van der Waals surface area contributed by atoms with Crippen LogP contribution in [0.15, 0.2) is 6.07 Å². The van der Waals surface area contributed by atoms with Crippen LogP contribution in [0.1, 0.15) is 37.6 Å². The molecule has 1 heterocycles. The first-order chi connectivity index (χ1) is 8.20. The number of aryl methyl sites for hydroxylation is 2. The molecule has 17 heavy (non-hydrogen) atoms. The maximum atomic E-state index is 6.27. The van der Waals surface area contributed by atoms with Gasteiger partial charge in [0.1, 0.15) is 0 Å². The van der Waals surface area contributed by atoms with E-state index in [4.69, 9.17) is 11.6 Å². The largest absolute Gasteiger partial charge is 0.311 e. The van der Waals surface area contributed by atoms with Gasteiger partial charge in [-0.25, -0.2) is 0 Å². The van der Waals surface area contributed by atoms with Gasteiger partial charge in [-0.1, -0.05) is 6.42 Å². The van der Waals surface area contributed by atoms with Crippen LogP contribution in [0.5, 0.6) is 0 Å². The number of hydrogen-bond donors (Lipinski definition) is 1. The minimum atomic E-state index is 0.375. The second kappa shape index (κ2) is 5.87. The average molecular weight is 256 g/mol. The average Bonchev–Trinajstić information content (AvgIpc) is 2.86. The van der Waals surface area contributed by atoms with Crippen molar-refractivity contribution in [1.82, 2.24) is 15.1 Å². The van der Waals surface area contributed by atoms with E-state index in [1.807, 2.05) is 6.92 Å². The van der Waals surface area contributed by atoms with Crippen molar-refractivity contribution < 1.29 is 0 Å². The van der Waals surface area contributed by atoms with Crippen LogP contribution in [0.2, 0.25) is 0 Å². The van der Waals surface area contributed by atoms with Gasteiger partial charge in [-0.05, 0) is 45.2 Å². The van der Waals surface area contributed by atoms with Crippen molar-refractivity contribution in [1.29, 1.82) is 0 Å². The minimum absolute atomic E-state index is 0.375. The molecule has 0 spiro atoms. The highest BCUT2D eigenvalue weighted by atomic mass is 35.5. The van der Waals surface area contributed by atoms with Crippen molar-refractivity contribution in [2.75, 3.05) is 6.54 Å². The molecule has 4 heteroatoms. The van der Waals surface area contributed by atoms with E-state index in [-0.39, 0.29) is 0 Å². The molecule has 1 fully saturated rings. The van der Waals surface area contributed by atoms with Gasteiger partial charge in [0.15, 0.2) is 0 Å². The SMILES string of the molecule is CCn1nc(C)cc1CNCC1CCCC1Cl. The summed E-state index contributed by atoms with van der Waals surface area (Å²) in [6, 6.07) is 2.16. The van der Waals surface area contributed by atoms with Gasteiger partial charge in [0, 0.05) is 18.5 Å². The molecule has 2 rings (SSSR count). The lowest BCUT2D eigenvalue weighted by Crippen LogP contribution is -2.26. The standard InChI is InChI=1S/C13H22ClN3/c1-3-17-12(7-10(2)16-17)9-15-8-11-5-4-6-13(11)14/h7,11,13,15H,3-6,8-9H2,1-2H3. The molecule has 1 saturated carbocycles. The Hall–Kier alpha value is -0.540. The van der Waals surface area contributed by atoms with Gasteiger partial charge in [-0.2, -0.15) is 5.10 Å². The zero-order valence-electron chi connectivity index (χ0n) is 10.7. The second-order valence-corrected chi connectivity index (χ2v) is 5.49. The molecule has 3 nitrogen and oxygen atoms in total. The summed E-state index contributed by atoms with van der Waals surface area (Å²) in [5.41, 5.74) is 2.37. The lowest BCUT2D eigenvalue weighted by atomic mass is 10.1. The first-order valence-corrected chi connectivity index (χ1v) is 7.02. The summed E-state index contributed by atoms with van der Waals surface area (Å²) < 4.78 is 2.06. The summed E-state index contributed by atoms with van der Waals surface area (Å²) in [4.78, 5) is 0. The van der Waals surface area contributed by atoms with Gasteiger partial charge in [0.05, 0.1) is 11.4 Å². The predicted octanol–water partition coefficient (Wildman–Crippen LogP) is 2.71. The van der Waals surface area contributed by atoms with Crippen LogP contribution in [-0.2, 0) is 13.1 Å². The van der Waals surface area contributed by atoms with E-state index >= 15 is 0 Å². The highest BCUT2D eigenvalue weighted by molar-refractivity contribution is 6.20. The van der Waals surface area contributed by atoms with Gasteiger partial charge < -0.3 is 5.32 Å². The summed E-state index contributed by atoms with van der Waals surface area (Å²) in [6.45, 7) is 7.03. The molecule has 1 aliphatic carbocycles. The van der Waals surface area contributed by atoms with Crippen molar-refractivity contribution >= 4 is 11.6 Å². The molecule has 0 aromatic carbocycles. The van der Waals surface area contributed by atoms with Crippen molar-refractivity contribution in [2.45, 2.75) is 51.6 Å². The minimum Gasteiger partial charge on any atom is -0.311 e. The van der Waals surface area contributed by atoms with Gasteiger partial charge in [-0.15, -0.1) is 11.6 Å². The number of nitrogens with zero attached hydrogens (tertiary/aromatic N) is 2. The number of alkyl halides is 1. The molecule has 1 aromatic heterocycles. The fraction of sp³-hybridized carbons (Fsp3) is 0.769. The fourth-order valence-corrected chi connectivity index (χ4v) is 2.99. The van der Waals surface area contributed by atoms with E-state index < -0.39 is 0 Å². The predicted molar refractivity (Wildman–Crippen MR) is 71.3 cm³/mol. The Balaban J connectivity index is 1.81. The number of hydrogen-bond acceptors (Lipinski definition) is 2. The Labute approximate surface area is 109 Å². The topological polar surface area (TPSA) is 29.9 Å². The van der Waals surface area contributed by atoms with Gasteiger partial charge in [0.25, 0.3) is 0 Å². The summed E-state index contributed by atoms with van der Waals surface area (Å²) >= 11 is 6.27. The Morgan fingerprint density at radius 2 is 2.35 bits per heavy atom. The van der Waals surface area contributed by atoms with Gasteiger partial charge >= 0.3 is 0 Å². The molecule has 0 bridgehead atoms. The molecule has 1 aliphatic rings. The molecule has 1 aromatic rings. The monoisotopic (exact) mass is 255 g/mol. The highest BCUT2D eigenvalue weighted by Gasteiger charge is 2.24. The van der Waals surface area contributed by atoms with Crippen LogP contribution in [-0.4, -0.2) is 21.7 Å². The molecule has 2 unspecified atom stereocenters. The second-order valence-electron chi connectivity index (χ2n) is 4.93. The maximum absolute atomic E-state index is 6.27. The lowest BCUT2D eigenvalue weighted by Gasteiger charge is -2.14. The van der Waals surface area contributed by atoms with Crippen molar-refractivity contribution in [3.63, 3.8) is 0 Å². The van der Waals surface area contributed by atoms with E-state index in [1.165, 1.54) is 25.0 Å². The smallest absolute Gasteiger partial charge is 0.0597 e. The molecule has 0 radical (unpaired) electrons. The molecule has 96 valence electrons. The molecular formula is C13H22ClN3. The van der Waals surface area contributed by atoms with Crippen molar-refractivity contribution in [3.05, 3.63) is 17.5 Å². The molecule has 1 N–H and O–H groups in total. The fourth-order valence-electron chi connectivity index (χ4n) is 2.62. The first-order valence-electron chi connectivity index (χ1n) is 6.58. The van der Waals surface area contributed by atoms with Crippen LogP contribution in [0.3, 0.4) is 0 Å². The summed E-state index contributed by atoms with van der Waals surface area (Å²) in [7, 11) is 0. The normalized spacial score (nSPS) is 24.4. The van der Waals surface area contributed by atoms with Crippen LogP contribution in [0.4, 0.5) is 0 Å². The molecular weight excluding hydrogens is 234 g/mol. The third-order valence-electron chi connectivity index (χ3n) is 3.56. The van der Waals surface area contributed by atoms with Crippen LogP contribution in [0, 0.1) is 12.8 Å². The number of nitrogens with one attached hydrogen (secondary N) is 1. The Bertz CT molecular complexity index is 362. The zero-order chi connectivity index (χ0) is 12.3. The highest BCUT2D eigenvalue weighted by Crippen LogP contribution is 2.29. The number of aromatic nitrogens is 2. The molecule has 0 saturated heterocycles. The Morgan fingerprint density at radius 3 is 3.00 bits per heavy atom. The van der Waals surface area contributed by atoms with Crippen LogP contribution < -0.4 is 5.32 Å². The van der Waals surface area contributed by atoms with E-state index in [0.717, 1.165) is 25.3 Å². The first kappa shape index (κ1) is 12.9. The van der Waals surface area contributed by atoms with E-state index in [2.05, 4.69) is 28.1 Å². The summed E-state index contributed by atoms with van der Waals surface area (Å²) in [5.74, 6) is 0.649. The molecule has 2 atom stereocenters. The third-order valence-corrected chi connectivity index (χ3v) is 4.14. The van der Waals surface area contributed by atoms with Gasteiger partial charge in [-0.3, -0.25) is 4.68 Å². The third kappa shape index (κ3) is 3.23. The Morgan fingerprint density at radius 1 is 1.53 bits per heavy atom.